The Hall–Kier alpha value is -2.18. The zero-order valence-electron chi connectivity index (χ0n) is 15.1. The summed E-state index contributed by atoms with van der Waals surface area (Å²) in [7, 11) is 1.61. The van der Waals surface area contributed by atoms with Gasteiger partial charge in [0.15, 0.2) is 0 Å². The molecule has 1 aromatic carbocycles. The SMILES string of the molecule is COCCNC(=O)C1CCC(=O)N(c2ccc(C)cc2)C1c1cccs1. The van der Waals surface area contributed by atoms with Gasteiger partial charge in [0.05, 0.1) is 18.6 Å². The monoisotopic (exact) mass is 372 g/mol. The quantitative estimate of drug-likeness (QED) is 0.792. The fourth-order valence-corrected chi connectivity index (χ4v) is 4.25. The van der Waals surface area contributed by atoms with Crippen LogP contribution in [0.15, 0.2) is 41.8 Å². The fraction of sp³-hybridized carbons (Fsp3) is 0.400. The number of hydrogen-bond donors (Lipinski definition) is 1. The molecule has 2 aromatic rings. The summed E-state index contributed by atoms with van der Waals surface area (Å²) < 4.78 is 5.02. The van der Waals surface area contributed by atoms with E-state index in [0.29, 0.717) is 26.0 Å². The molecular formula is C20H24N2O3S. The van der Waals surface area contributed by atoms with Crippen LogP contribution in [0.5, 0.6) is 0 Å². The first-order valence-electron chi connectivity index (χ1n) is 8.80. The van der Waals surface area contributed by atoms with E-state index in [9.17, 15) is 9.59 Å². The van der Waals surface area contributed by atoms with Gasteiger partial charge in [0.1, 0.15) is 0 Å². The largest absolute Gasteiger partial charge is 0.383 e. The number of nitrogens with zero attached hydrogens (tertiary/aromatic N) is 1. The van der Waals surface area contributed by atoms with Crippen LogP contribution in [-0.2, 0) is 14.3 Å². The first-order chi connectivity index (χ1) is 12.6. The molecule has 0 bridgehead atoms. The molecule has 138 valence electrons. The normalized spacial score (nSPS) is 20.2. The van der Waals surface area contributed by atoms with Gasteiger partial charge in [0.2, 0.25) is 11.8 Å². The number of aryl methyl sites for hydroxylation is 1. The summed E-state index contributed by atoms with van der Waals surface area (Å²) in [6, 6.07) is 11.6. The molecule has 1 aromatic heterocycles. The van der Waals surface area contributed by atoms with Gasteiger partial charge in [-0.25, -0.2) is 0 Å². The molecule has 6 heteroatoms. The van der Waals surface area contributed by atoms with Crippen molar-refractivity contribution in [1.82, 2.24) is 5.32 Å². The molecule has 2 heterocycles. The van der Waals surface area contributed by atoms with E-state index in [1.165, 1.54) is 0 Å². The van der Waals surface area contributed by atoms with Crippen molar-refractivity contribution in [2.45, 2.75) is 25.8 Å². The summed E-state index contributed by atoms with van der Waals surface area (Å²) in [5.41, 5.74) is 1.98. The van der Waals surface area contributed by atoms with E-state index in [2.05, 4.69) is 5.32 Å². The van der Waals surface area contributed by atoms with Crippen molar-refractivity contribution in [2.24, 2.45) is 5.92 Å². The summed E-state index contributed by atoms with van der Waals surface area (Å²) in [4.78, 5) is 28.4. The third-order valence-corrected chi connectivity index (χ3v) is 5.63. The van der Waals surface area contributed by atoms with Gasteiger partial charge in [0, 0.05) is 30.6 Å². The van der Waals surface area contributed by atoms with Crippen molar-refractivity contribution in [3.63, 3.8) is 0 Å². The Morgan fingerprint density at radius 1 is 1.31 bits per heavy atom. The van der Waals surface area contributed by atoms with Gasteiger partial charge >= 0.3 is 0 Å². The van der Waals surface area contributed by atoms with Crippen molar-refractivity contribution in [3.8, 4) is 0 Å². The molecule has 26 heavy (non-hydrogen) atoms. The Balaban J connectivity index is 1.93. The Kier molecular flexibility index (Phi) is 6.06. The highest BCUT2D eigenvalue weighted by atomic mass is 32.1. The maximum atomic E-state index is 12.8. The number of ether oxygens (including phenoxy) is 1. The number of piperidine rings is 1. The van der Waals surface area contributed by atoms with Gasteiger partial charge in [0.25, 0.3) is 0 Å². The second-order valence-electron chi connectivity index (χ2n) is 6.49. The van der Waals surface area contributed by atoms with Gasteiger partial charge < -0.3 is 15.0 Å². The summed E-state index contributed by atoms with van der Waals surface area (Å²) in [5.74, 6) is -0.234. The smallest absolute Gasteiger partial charge is 0.227 e. The van der Waals surface area contributed by atoms with Gasteiger partial charge in [-0.2, -0.15) is 0 Å². The third-order valence-electron chi connectivity index (χ3n) is 4.69. The Morgan fingerprint density at radius 3 is 2.73 bits per heavy atom. The molecule has 0 spiro atoms. The molecule has 1 saturated heterocycles. The average Bonchev–Trinajstić information content (AvgIpc) is 3.17. The molecule has 2 atom stereocenters. The number of methoxy groups -OCH3 is 1. The summed E-state index contributed by atoms with van der Waals surface area (Å²) >= 11 is 1.58. The predicted octanol–water partition coefficient (Wildman–Crippen LogP) is 3.30. The molecule has 1 aliphatic heterocycles. The molecular weight excluding hydrogens is 348 g/mol. The van der Waals surface area contributed by atoms with Gasteiger partial charge in [-0.3, -0.25) is 9.59 Å². The number of hydrogen-bond acceptors (Lipinski definition) is 4. The first-order valence-corrected chi connectivity index (χ1v) is 9.68. The predicted molar refractivity (Wildman–Crippen MR) is 103 cm³/mol. The molecule has 1 N–H and O–H groups in total. The molecule has 0 radical (unpaired) electrons. The summed E-state index contributed by atoms with van der Waals surface area (Å²) in [5, 5.41) is 4.93. The number of thiophene rings is 1. The number of anilines is 1. The van der Waals surface area contributed by atoms with Crippen LogP contribution < -0.4 is 10.2 Å². The number of carbonyl (C=O) groups excluding carboxylic acids is 2. The zero-order valence-corrected chi connectivity index (χ0v) is 15.9. The van der Waals surface area contributed by atoms with E-state index >= 15 is 0 Å². The standard InChI is InChI=1S/C20H24N2O3S/c1-14-5-7-15(8-6-14)22-18(23)10-9-16(20(24)21-11-12-25-2)19(22)17-4-3-13-26-17/h3-8,13,16,19H,9-12H2,1-2H3,(H,21,24). The van der Waals surface area contributed by atoms with Crippen LogP contribution in [0.25, 0.3) is 0 Å². The molecule has 2 amide bonds. The molecule has 5 nitrogen and oxygen atoms in total. The maximum Gasteiger partial charge on any atom is 0.227 e. The number of rotatable bonds is 6. The van der Waals surface area contributed by atoms with E-state index in [-0.39, 0.29) is 23.8 Å². The van der Waals surface area contributed by atoms with E-state index < -0.39 is 0 Å². The van der Waals surface area contributed by atoms with E-state index in [1.54, 1.807) is 23.3 Å². The highest BCUT2D eigenvalue weighted by molar-refractivity contribution is 7.10. The number of nitrogens with one attached hydrogen (secondary N) is 1. The lowest BCUT2D eigenvalue weighted by Crippen LogP contribution is -2.48. The minimum atomic E-state index is -0.276. The van der Waals surface area contributed by atoms with E-state index in [4.69, 9.17) is 4.74 Å². The van der Waals surface area contributed by atoms with Crippen molar-refractivity contribution in [1.29, 1.82) is 0 Å². The minimum absolute atomic E-state index is 0.0231. The second-order valence-corrected chi connectivity index (χ2v) is 7.47. The average molecular weight is 372 g/mol. The van der Waals surface area contributed by atoms with Crippen molar-refractivity contribution in [3.05, 3.63) is 52.2 Å². The summed E-state index contributed by atoms with van der Waals surface area (Å²) in [6.07, 6.45) is 0.931. The lowest BCUT2D eigenvalue weighted by Gasteiger charge is -2.40. The van der Waals surface area contributed by atoms with Crippen LogP contribution in [0.3, 0.4) is 0 Å². The lowest BCUT2D eigenvalue weighted by molar-refractivity contribution is -0.129. The Bertz CT molecular complexity index is 743. The fourth-order valence-electron chi connectivity index (χ4n) is 3.37. The van der Waals surface area contributed by atoms with Crippen LogP contribution in [0, 0.1) is 12.8 Å². The van der Waals surface area contributed by atoms with Crippen molar-refractivity contribution < 1.29 is 14.3 Å². The molecule has 3 rings (SSSR count). The molecule has 2 unspecified atom stereocenters. The third kappa shape index (κ3) is 3.97. The highest BCUT2D eigenvalue weighted by Crippen LogP contribution is 2.41. The molecule has 1 fully saturated rings. The Labute approximate surface area is 158 Å². The number of amides is 2. The zero-order chi connectivity index (χ0) is 18.5. The van der Waals surface area contributed by atoms with Gasteiger partial charge in [-0.1, -0.05) is 23.8 Å². The summed E-state index contributed by atoms with van der Waals surface area (Å²) in [6.45, 7) is 2.97. The topological polar surface area (TPSA) is 58.6 Å². The van der Waals surface area contributed by atoms with Gasteiger partial charge in [-0.05, 0) is 36.9 Å². The lowest BCUT2D eigenvalue weighted by atomic mass is 9.86. The van der Waals surface area contributed by atoms with Crippen LogP contribution in [0.2, 0.25) is 0 Å². The van der Waals surface area contributed by atoms with Gasteiger partial charge in [-0.15, -0.1) is 11.3 Å². The molecule has 0 saturated carbocycles. The molecule has 1 aliphatic rings. The van der Waals surface area contributed by atoms with Crippen molar-refractivity contribution >= 4 is 28.8 Å². The highest BCUT2D eigenvalue weighted by Gasteiger charge is 2.41. The number of benzene rings is 1. The molecule has 0 aliphatic carbocycles. The van der Waals surface area contributed by atoms with E-state index in [0.717, 1.165) is 16.1 Å². The Morgan fingerprint density at radius 2 is 2.08 bits per heavy atom. The van der Waals surface area contributed by atoms with Crippen LogP contribution >= 0.6 is 11.3 Å². The maximum absolute atomic E-state index is 12.8. The van der Waals surface area contributed by atoms with Crippen LogP contribution in [0.4, 0.5) is 5.69 Å². The van der Waals surface area contributed by atoms with Crippen molar-refractivity contribution in [2.75, 3.05) is 25.2 Å². The van der Waals surface area contributed by atoms with E-state index in [1.807, 2.05) is 48.7 Å². The minimum Gasteiger partial charge on any atom is -0.383 e. The van der Waals surface area contributed by atoms with Crippen LogP contribution in [-0.4, -0.2) is 32.1 Å². The second kappa shape index (κ2) is 8.47. The number of carbonyl (C=O) groups is 2. The van der Waals surface area contributed by atoms with Crippen LogP contribution in [0.1, 0.15) is 29.3 Å². The first kappa shape index (κ1) is 18.6.